The summed E-state index contributed by atoms with van der Waals surface area (Å²) in [4.78, 5) is 53.8. The van der Waals surface area contributed by atoms with Gasteiger partial charge in [0.2, 0.25) is 0 Å². The SMILES string of the molecule is CCOC(=O)[C@H](COC(C)=O)NC(=O)OC1=CCC(C(OCc2cccc(-c3ccc4c(c3)OCCO4)c2Br)c2cc(Cl)ccc2OCc2cncc(C#N)c2)([N+](=O)[O-])C=C1. The number of pyridine rings is 1. The Morgan fingerprint density at radius 2 is 1.87 bits per heavy atom. The van der Waals surface area contributed by atoms with E-state index in [1.54, 1.807) is 25.1 Å². The zero-order valence-corrected chi connectivity index (χ0v) is 35.1. The van der Waals surface area contributed by atoms with Gasteiger partial charge in [-0.15, -0.1) is 0 Å². The van der Waals surface area contributed by atoms with Crippen molar-refractivity contribution >= 4 is 45.6 Å². The van der Waals surface area contributed by atoms with E-state index in [-0.39, 0.29) is 48.3 Å². The molecule has 2 heterocycles. The highest BCUT2D eigenvalue weighted by atomic mass is 79.9. The number of carbonyl (C=O) groups excluding carboxylic acids is 3. The van der Waals surface area contributed by atoms with Crippen LogP contribution in [0.2, 0.25) is 5.02 Å². The van der Waals surface area contributed by atoms with Crippen LogP contribution in [0.25, 0.3) is 11.1 Å². The van der Waals surface area contributed by atoms with Crippen LogP contribution in [0.5, 0.6) is 17.2 Å². The van der Waals surface area contributed by atoms with Gasteiger partial charge in [0.1, 0.15) is 44.0 Å². The van der Waals surface area contributed by atoms with Crippen LogP contribution in [0, 0.1) is 21.4 Å². The summed E-state index contributed by atoms with van der Waals surface area (Å²) in [5.74, 6) is -0.180. The Labute approximate surface area is 363 Å². The molecule has 0 saturated carbocycles. The summed E-state index contributed by atoms with van der Waals surface area (Å²) in [5.41, 5.74) is 1.38. The van der Waals surface area contributed by atoms with E-state index < -0.39 is 47.2 Å². The van der Waals surface area contributed by atoms with Crippen LogP contribution in [0.3, 0.4) is 0 Å². The molecule has 0 spiro atoms. The van der Waals surface area contributed by atoms with Gasteiger partial charge in [0.25, 0.3) is 5.54 Å². The topological polar surface area (TPSA) is 208 Å². The lowest BCUT2D eigenvalue weighted by molar-refractivity contribution is -0.570. The Hall–Kier alpha value is -6.48. The first-order valence-corrected chi connectivity index (χ1v) is 19.9. The summed E-state index contributed by atoms with van der Waals surface area (Å²) in [7, 11) is 0. The van der Waals surface area contributed by atoms with Crippen LogP contribution in [-0.4, -0.2) is 65.9 Å². The number of carbonyl (C=O) groups is 3. The molecule has 3 atom stereocenters. The average Bonchev–Trinajstić information content (AvgIpc) is 3.25. The van der Waals surface area contributed by atoms with Crippen molar-refractivity contribution in [3.63, 3.8) is 0 Å². The molecular formula is C43H38BrClN4O12. The fraction of sp³-hybridized carbons (Fsp3) is 0.279. The van der Waals surface area contributed by atoms with Crippen LogP contribution >= 0.6 is 27.5 Å². The molecule has 16 nitrogen and oxygen atoms in total. The number of nitro groups is 1. The zero-order valence-electron chi connectivity index (χ0n) is 32.8. The Bertz CT molecular complexity index is 2420. The average molecular weight is 918 g/mol. The van der Waals surface area contributed by atoms with Gasteiger partial charge in [-0.3, -0.25) is 19.9 Å². The second-order valence-electron chi connectivity index (χ2n) is 13.5. The summed E-state index contributed by atoms with van der Waals surface area (Å²) in [6.45, 7) is 2.87. The predicted octanol–water partition coefficient (Wildman–Crippen LogP) is 7.72. The van der Waals surface area contributed by atoms with Crippen molar-refractivity contribution in [2.24, 2.45) is 0 Å². The fourth-order valence-corrected chi connectivity index (χ4v) is 7.25. The van der Waals surface area contributed by atoms with Crippen molar-refractivity contribution < 1.29 is 52.5 Å². The van der Waals surface area contributed by atoms with Gasteiger partial charge >= 0.3 is 18.0 Å². The quantitative estimate of drug-likeness (QED) is 0.0494. The number of esters is 2. The monoisotopic (exact) mass is 916 g/mol. The molecule has 1 aliphatic heterocycles. The highest BCUT2D eigenvalue weighted by Crippen LogP contribution is 2.45. The molecule has 4 aromatic rings. The minimum absolute atomic E-state index is 0.000514. The van der Waals surface area contributed by atoms with E-state index in [0.29, 0.717) is 45.9 Å². The molecule has 2 aliphatic rings. The molecule has 18 heteroatoms. The number of nitriles is 1. The highest BCUT2D eigenvalue weighted by molar-refractivity contribution is 9.10. The van der Waals surface area contributed by atoms with Crippen LogP contribution in [-0.2, 0) is 41.8 Å². The Morgan fingerprint density at radius 1 is 1.07 bits per heavy atom. The fourth-order valence-electron chi connectivity index (χ4n) is 6.46. The van der Waals surface area contributed by atoms with E-state index in [4.69, 9.17) is 44.8 Å². The maximum absolute atomic E-state index is 13.4. The number of ether oxygens (including phenoxy) is 7. The Kier molecular flexibility index (Phi) is 14.6. The molecule has 0 radical (unpaired) electrons. The van der Waals surface area contributed by atoms with E-state index >= 15 is 0 Å². The van der Waals surface area contributed by atoms with Crippen molar-refractivity contribution in [3.8, 4) is 34.4 Å². The first-order valence-electron chi connectivity index (χ1n) is 18.8. The smallest absolute Gasteiger partial charge is 0.413 e. The number of aromatic nitrogens is 1. The third-order valence-electron chi connectivity index (χ3n) is 9.40. The zero-order chi connectivity index (χ0) is 43.5. The van der Waals surface area contributed by atoms with Crippen LogP contribution in [0.1, 0.15) is 48.6 Å². The maximum atomic E-state index is 13.4. The standard InChI is InChI=1S/C43H38BrClN4O12/c1-3-55-41(51)35(25-58-26(2)50)48-42(52)61-32-11-13-43(14-12-32,49(53)54)40(34-19-31(45)8-10-36(34)59-23-28-17-27(20-46)21-47-22-28)60-24-30-5-4-6-33(39(30)44)29-7-9-37-38(18-29)57-16-15-56-37/h4-13,17-19,21-22,35,40H,3,14-16,23-25H2,1-2H3,(H,48,52)/t35-,40?,43?/m0/s1. The summed E-state index contributed by atoms with van der Waals surface area (Å²) in [6, 6.07) is 18.1. The summed E-state index contributed by atoms with van der Waals surface area (Å²) in [6.07, 6.45) is 3.95. The van der Waals surface area contributed by atoms with Gasteiger partial charge in [0, 0.05) is 51.3 Å². The van der Waals surface area contributed by atoms with E-state index in [1.165, 1.54) is 36.7 Å². The lowest BCUT2D eigenvalue weighted by Crippen LogP contribution is -2.46. The van der Waals surface area contributed by atoms with Gasteiger partial charge < -0.3 is 38.5 Å². The molecule has 1 aromatic heterocycles. The number of hydrogen-bond acceptors (Lipinski definition) is 14. The Balaban J connectivity index is 1.32. The number of nitrogens with zero attached hydrogens (tertiary/aromatic N) is 3. The molecule has 2 unspecified atom stereocenters. The van der Waals surface area contributed by atoms with Crippen molar-refractivity contribution in [1.29, 1.82) is 5.26 Å². The first-order chi connectivity index (χ1) is 29.4. The van der Waals surface area contributed by atoms with Crippen molar-refractivity contribution in [1.82, 2.24) is 10.3 Å². The van der Waals surface area contributed by atoms with Crippen LogP contribution in [0.4, 0.5) is 4.79 Å². The summed E-state index contributed by atoms with van der Waals surface area (Å²) < 4.78 is 40.3. The number of fused-ring (bicyclic) bond motifs is 1. The second kappa shape index (κ2) is 20.2. The molecule has 1 amide bonds. The molecular weight excluding hydrogens is 880 g/mol. The molecule has 316 valence electrons. The molecule has 0 fully saturated rings. The molecule has 0 saturated heterocycles. The van der Waals surface area contributed by atoms with E-state index in [1.807, 2.05) is 42.5 Å². The molecule has 6 rings (SSSR count). The number of halogens is 2. The van der Waals surface area contributed by atoms with Gasteiger partial charge in [0.15, 0.2) is 23.6 Å². The van der Waals surface area contributed by atoms with Gasteiger partial charge in [0.05, 0.1) is 18.8 Å². The molecule has 1 aliphatic carbocycles. The molecule has 3 aromatic carbocycles. The van der Waals surface area contributed by atoms with E-state index in [2.05, 4.69) is 26.2 Å². The third kappa shape index (κ3) is 10.8. The number of allylic oxidation sites excluding steroid dienone is 1. The normalized spacial score (nSPS) is 16.2. The van der Waals surface area contributed by atoms with Crippen molar-refractivity contribution in [3.05, 3.63) is 139 Å². The minimum Gasteiger partial charge on any atom is -0.488 e. The number of nitrogens with one attached hydrogen (secondary N) is 1. The number of rotatable bonds is 16. The van der Waals surface area contributed by atoms with Gasteiger partial charge in [-0.05, 0) is 94.2 Å². The second-order valence-corrected chi connectivity index (χ2v) is 14.8. The number of hydrogen-bond donors (Lipinski definition) is 1. The number of benzene rings is 3. The summed E-state index contributed by atoms with van der Waals surface area (Å²) >= 11 is 10.3. The highest BCUT2D eigenvalue weighted by Gasteiger charge is 2.52. The molecule has 0 bridgehead atoms. The van der Waals surface area contributed by atoms with E-state index in [9.17, 15) is 29.8 Å². The van der Waals surface area contributed by atoms with Crippen molar-refractivity contribution in [2.45, 2.75) is 51.2 Å². The minimum atomic E-state index is -2.03. The largest absolute Gasteiger partial charge is 0.488 e. The van der Waals surface area contributed by atoms with Gasteiger partial charge in [-0.1, -0.05) is 35.9 Å². The van der Waals surface area contributed by atoms with E-state index in [0.717, 1.165) is 18.1 Å². The predicted molar refractivity (Wildman–Crippen MR) is 221 cm³/mol. The first kappa shape index (κ1) is 44.1. The molecule has 1 N–H and O–H groups in total. The van der Waals surface area contributed by atoms with Crippen LogP contribution < -0.4 is 19.5 Å². The van der Waals surface area contributed by atoms with Crippen molar-refractivity contribution in [2.75, 3.05) is 26.4 Å². The third-order valence-corrected chi connectivity index (χ3v) is 10.6. The number of alkyl carbamates (subject to hydrolysis) is 1. The maximum Gasteiger partial charge on any atom is 0.413 e. The lowest BCUT2D eigenvalue weighted by atomic mass is 9.81. The van der Waals surface area contributed by atoms with Crippen LogP contribution in [0.15, 0.2) is 102 Å². The Morgan fingerprint density at radius 3 is 2.59 bits per heavy atom. The molecule has 61 heavy (non-hydrogen) atoms. The lowest BCUT2D eigenvalue weighted by Gasteiger charge is -2.33. The number of amides is 1. The summed E-state index contributed by atoms with van der Waals surface area (Å²) in [5, 5.41) is 25.3. The van der Waals surface area contributed by atoms with Gasteiger partial charge in [-0.2, -0.15) is 5.26 Å². The van der Waals surface area contributed by atoms with Gasteiger partial charge in [-0.25, -0.2) is 9.59 Å².